The number of nitrogens with two attached hydrogens (primary N) is 1. The Hall–Kier alpha value is -3.93. The maximum absolute atomic E-state index is 12.8. The van der Waals surface area contributed by atoms with Crippen LogP contribution in [-0.2, 0) is 0 Å². The predicted molar refractivity (Wildman–Crippen MR) is 146 cm³/mol. The average Bonchev–Trinajstić information content (AvgIpc) is 2.90. The number of piperazine rings is 1. The molecule has 1 saturated carbocycles. The first-order valence-electron chi connectivity index (χ1n) is 13.0. The van der Waals surface area contributed by atoms with Crippen molar-refractivity contribution in [1.82, 2.24) is 30.0 Å². The minimum absolute atomic E-state index is 0.00413. The number of carbonyl (C=O) groups excluding carboxylic acids is 3. The Morgan fingerprint density at radius 3 is 2.21 bits per heavy atom. The van der Waals surface area contributed by atoms with Crippen molar-refractivity contribution in [3.05, 3.63) is 41.7 Å². The summed E-state index contributed by atoms with van der Waals surface area (Å²) in [4.78, 5) is 51.1. The Labute approximate surface area is 223 Å². The number of likely N-dealkylation sites (N-methyl/N-ethyl adjacent to an activating group) is 1. The largest absolute Gasteiger partial charge is 0.366 e. The molecule has 1 aliphatic carbocycles. The molecule has 1 aromatic carbocycles. The van der Waals surface area contributed by atoms with Crippen LogP contribution in [0, 0.1) is 0 Å². The summed E-state index contributed by atoms with van der Waals surface area (Å²) in [6.07, 6.45) is 4.94. The second kappa shape index (κ2) is 12.1. The second-order valence-electron chi connectivity index (χ2n) is 10.2. The normalized spacial score (nSPS) is 19.9. The molecule has 1 saturated heterocycles. The smallest absolute Gasteiger partial charge is 0.317 e. The van der Waals surface area contributed by atoms with E-state index in [0.717, 1.165) is 38.8 Å². The van der Waals surface area contributed by atoms with Gasteiger partial charge in [-0.25, -0.2) is 14.8 Å². The van der Waals surface area contributed by atoms with Crippen molar-refractivity contribution in [1.29, 1.82) is 0 Å². The number of anilines is 3. The molecule has 2 fully saturated rings. The fourth-order valence-electron chi connectivity index (χ4n) is 4.65. The molecule has 0 unspecified atom stereocenters. The van der Waals surface area contributed by atoms with Gasteiger partial charge in [-0.1, -0.05) is 0 Å². The number of hydrogen-bond acceptors (Lipinski definition) is 8. The van der Waals surface area contributed by atoms with Crippen LogP contribution in [0.5, 0.6) is 0 Å². The number of carbonyl (C=O) groups is 3. The van der Waals surface area contributed by atoms with Gasteiger partial charge in [-0.15, -0.1) is 0 Å². The van der Waals surface area contributed by atoms with Gasteiger partial charge in [-0.3, -0.25) is 9.59 Å². The van der Waals surface area contributed by atoms with Crippen LogP contribution in [0.25, 0.3) is 0 Å². The molecule has 0 bridgehead atoms. The minimum Gasteiger partial charge on any atom is -0.366 e. The summed E-state index contributed by atoms with van der Waals surface area (Å²) >= 11 is 0. The first-order valence-corrected chi connectivity index (χ1v) is 13.0. The molecular formula is C26H37N9O3. The van der Waals surface area contributed by atoms with E-state index < -0.39 is 5.91 Å². The van der Waals surface area contributed by atoms with Crippen molar-refractivity contribution in [2.24, 2.45) is 5.73 Å². The third-order valence-corrected chi connectivity index (χ3v) is 7.00. The van der Waals surface area contributed by atoms with Gasteiger partial charge < -0.3 is 36.4 Å². The molecule has 2 heterocycles. The third-order valence-electron chi connectivity index (χ3n) is 7.00. The molecule has 0 atom stereocenters. The molecule has 2 aromatic rings. The van der Waals surface area contributed by atoms with Crippen LogP contribution < -0.4 is 21.7 Å². The van der Waals surface area contributed by atoms with Crippen molar-refractivity contribution in [2.45, 2.75) is 37.8 Å². The van der Waals surface area contributed by atoms with Crippen LogP contribution >= 0.6 is 0 Å². The number of nitrogens with one attached hydrogen (secondary N) is 3. The van der Waals surface area contributed by atoms with Crippen LogP contribution in [0.3, 0.4) is 0 Å². The van der Waals surface area contributed by atoms with Gasteiger partial charge in [0.2, 0.25) is 0 Å². The summed E-state index contributed by atoms with van der Waals surface area (Å²) in [6.45, 7) is 3.13. The number of hydrogen-bond donors (Lipinski definition) is 4. The summed E-state index contributed by atoms with van der Waals surface area (Å²) < 4.78 is 0. The van der Waals surface area contributed by atoms with Crippen LogP contribution in [0.15, 0.2) is 30.5 Å². The maximum atomic E-state index is 12.8. The Bertz CT molecular complexity index is 1140. The zero-order valence-corrected chi connectivity index (χ0v) is 22.2. The zero-order valence-electron chi connectivity index (χ0n) is 22.2. The molecule has 12 heteroatoms. The van der Waals surface area contributed by atoms with Gasteiger partial charge in [-0.2, -0.15) is 0 Å². The van der Waals surface area contributed by atoms with Crippen molar-refractivity contribution < 1.29 is 14.4 Å². The Morgan fingerprint density at radius 2 is 1.61 bits per heavy atom. The van der Waals surface area contributed by atoms with E-state index in [0.29, 0.717) is 30.2 Å². The van der Waals surface area contributed by atoms with Gasteiger partial charge in [0.1, 0.15) is 5.82 Å². The Balaban J connectivity index is 1.38. The number of amides is 4. The molecule has 2 aliphatic rings. The van der Waals surface area contributed by atoms with Crippen molar-refractivity contribution in [3.8, 4) is 0 Å². The van der Waals surface area contributed by atoms with Crippen molar-refractivity contribution in [2.75, 3.05) is 58.0 Å². The SMILES string of the molecule is CN1CCN(C(=O)c2ccc(Nc3nc(NC4CCC(NC(=O)N(C)C)CC4)cnc3C(N)=O)cc2)CC1. The highest BCUT2D eigenvalue weighted by Crippen LogP contribution is 2.24. The van der Waals surface area contributed by atoms with Gasteiger partial charge >= 0.3 is 6.03 Å². The fraction of sp³-hybridized carbons (Fsp3) is 0.500. The molecule has 1 aliphatic heterocycles. The fourth-order valence-corrected chi connectivity index (χ4v) is 4.65. The lowest BCUT2D eigenvalue weighted by molar-refractivity contribution is 0.0664. The number of urea groups is 1. The predicted octanol–water partition coefficient (Wildman–Crippen LogP) is 1.70. The highest BCUT2D eigenvalue weighted by atomic mass is 16.2. The number of primary amides is 1. The van der Waals surface area contributed by atoms with Crippen molar-refractivity contribution in [3.63, 3.8) is 0 Å². The highest BCUT2D eigenvalue weighted by molar-refractivity contribution is 5.97. The van der Waals surface area contributed by atoms with Crippen LogP contribution in [0.4, 0.5) is 22.1 Å². The van der Waals surface area contributed by atoms with Crippen molar-refractivity contribution >= 4 is 35.2 Å². The lowest BCUT2D eigenvalue weighted by atomic mass is 9.91. The summed E-state index contributed by atoms with van der Waals surface area (Å²) in [7, 11) is 5.50. The minimum atomic E-state index is -0.689. The maximum Gasteiger partial charge on any atom is 0.317 e. The first-order chi connectivity index (χ1) is 18.2. The molecule has 5 N–H and O–H groups in total. The van der Waals surface area contributed by atoms with Gasteiger partial charge in [0, 0.05) is 63.6 Å². The third kappa shape index (κ3) is 6.88. The molecule has 12 nitrogen and oxygen atoms in total. The van der Waals surface area contributed by atoms with Gasteiger partial charge in [-0.05, 0) is 57.0 Å². The van der Waals surface area contributed by atoms with E-state index >= 15 is 0 Å². The Morgan fingerprint density at radius 1 is 0.974 bits per heavy atom. The number of aromatic nitrogens is 2. The molecule has 0 spiro atoms. The highest BCUT2D eigenvalue weighted by Gasteiger charge is 2.24. The molecule has 0 radical (unpaired) electrons. The van der Waals surface area contributed by atoms with E-state index in [1.165, 1.54) is 11.1 Å². The van der Waals surface area contributed by atoms with Crippen LogP contribution in [0.1, 0.15) is 46.5 Å². The van der Waals surface area contributed by atoms with E-state index in [2.05, 4.69) is 37.9 Å². The monoisotopic (exact) mass is 523 g/mol. The topological polar surface area (TPSA) is 149 Å². The molecule has 4 rings (SSSR count). The van der Waals surface area contributed by atoms with E-state index in [1.54, 1.807) is 38.4 Å². The average molecular weight is 524 g/mol. The van der Waals surface area contributed by atoms with Gasteiger partial charge in [0.05, 0.1) is 6.20 Å². The zero-order chi connectivity index (χ0) is 27.2. The summed E-state index contributed by atoms with van der Waals surface area (Å²) in [6, 6.07) is 7.31. The first kappa shape index (κ1) is 27.1. The van der Waals surface area contributed by atoms with Crippen LogP contribution in [0.2, 0.25) is 0 Å². The number of nitrogens with zero attached hydrogens (tertiary/aromatic N) is 5. The molecule has 38 heavy (non-hydrogen) atoms. The number of benzene rings is 1. The van der Waals surface area contributed by atoms with Gasteiger partial charge in [0.15, 0.2) is 11.5 Å². The standard InChI is InChI=1S/C26H37N9O3/c1-33(2)26(38)31-20-10-8-18(9-11-20)29-21-16-28-22(23(27)36)24(32-21)30-19-6-4-17(5-7-19)25(37)35-14-12-34(3)13-15-35/h4-7,16,18,20H,8-15H2,1-3H3,(H2,27,36)(H,31,38)(H2,29,30,32). The summed E-state index contributed by atoms with van der Waals surface area (Å²) in [5.41, 5.74) is 6.84. The molecule has 1 aromatic heterocycles. The van der Waals surface area contributed by atoms with Crippen LogP contribution in [-0.4, -0.2) is 102 Å². The lowest BCUT2D eigenvalue weighted by Crippen LogP contribution is -2.47. The molecular weight excluding hydrogens is 486 g/mol. The molecule has 4 amide bonds. The number of rotatable bonds is 7. The lowest BCUT2D eigenvalue weighted by Gasteiger charge is -2.32. The summed E-state index contributed by atoms with van der Waals surface area (Å²) in [5, 5.41) is 9.55. The van der Waals surface area contributed by atoms with E-state index in [4.69, 9.17) is 5.73 Å². The Kier molecular flexibility index (Phi) is 8.62. The van der Waals surface area contributed by atoms with E-state index in [1.807, 2.05) is 4.90 Å². The second-order valence-corrected chi connectivity index (χ2v) is 10.2. The van der Waals surface area contributed by atoms with Gasteiger partial charge in [0.25, 0.3) is 11.8 Å². The quantitative estimate of drug-likeness (QED) is 0.429. The summed E-state index contributed by atoms with van der Waals surface area (Å²) in [5.74, 6) is 0.0859. The van der Waals surface area contributed by atoms with E-state index in [-0.39, 0.29) is 35.5 Å². The van der Waals surface area contributed by atoms with E-state index in [9.17, 15) is 14.4 Å². The molecule has 204 valence electrons.